The second kappa shape index (κ2) is 5.35. The van der Waals surface area contributed by atoms with Crippen molar-refractivity contribution < 1.29 is 4.79 Å². The largest absolute Gasteiger partial charge is 0.335 e. The molecule has 0 radical (unpaired) electrons. The van der Waals surface area contributed by atoms with E-state index in [0.29, 0.717) is 6.41 Å². The predicted molar refractivity (Wildman–Crippen MR) is 37.9 cm³/mol. The van der Waals surface area contributed by atoms with Gasteiger partial charge in [-0.3, -0.25) is 4.79 Å². The third-order valence-electron chi connectivity index (χ3n) is 1.04. The maximum Gasteiger partial charge on any atom is 0.211 e. The molecule has 2 nitrogen and oxygen atoms in total. The number of amides is 1. The van der Waals surface area contributed by atoms with Gasteiger partial charge in [0.2, 0.25) is 6.41 Å². The van der Waals surface area contributed by atoms with E-state index >= 15 is 0 Å². The van der Waals surface area contributed by atoms with Crippen LogP contribution in [0.15, 0.2) is 11.8 Å². The third-order valence-corrected chi connectivity index (χ3v) is 1.04. The van der Waals surface area contributed by atoms with Crippen molar-refractivity contribution in [3.8, 4) is 0 Å². The van der Waals surface area contributed by atoms with Crippen LogP contribution in [-0.2, 0) is 4.79 Å². The minimum atomic E-state index is 0.680. The number of hydrogen-bond acceptors (Lipinski definition) is 1. The SMILES string of the molecule is CCCC(C)=CNC=O. The molecule has 1 amide bonds. The fraction of sp³-hybridized carbons (Fsp3) is 0.571. The quantitative estimate of drug-likeness (QED) is 0.569. The van der Waals surface area contributed by atoms with Crippen molar-refractivity contribution in [2.45, 2.75) is 26.7 Å². The summed E-state index contributed by atoms with van der Waals surface area (Å²) >= 11 is 0. The van der Waals surface area contributed by atoms with Crippen LogP contribution < -0.4 is 5.32 Å². The highest BCUT2D eigenvalue weighted by molar-refractivity contribution is 5.48. The number of carbonyl (C=O) groups excluding carboxylic acids is 1. The normalized spacial score (nSPS) is 11.1. The van der Waals surface area contributed by atoms with Crippen molar-refractivity contribution in [2.75, 3.05) is 0 Å². The van der Waals surface area contributed by atoms with Crippen molar-refractivity contribution in [3.05, 3.63) is 11.8 Å². The van der Waals surface area contributed by atoms with Crippen molar-refractivity contribution in [1.82, 2.24) is 5.32 Å². The molecule has 52 valence electrons. The van der Waals surface area contributed by atoms with Crippen LogP contribution in [0.25, 0.3) is 0 Å². The number of carbonyl (C=O) groups is 1. The van der Waals surface area contributed by atoms with Crippen LogP contribution >= 0.6 is 0 Å². The van der Waals surface area contributed by atoms with Crippen LogP contribution in [0.2, 0.25) is 0 Å². The van der Waals surface area contributed by atoms with Gasteiger partial charge < -0.3 is 5.32 Å². The standard InChI is InChI=1S/C7H13NO/c1-3-4-7(2)5-8-6-9/h5-6H,3-4H2,1-2H3,(H,8,9). The Morgan fingerprint density at radius 1 is 1.67 bits per heavy atom. The number of hydrogen-bond donors (Lipinski definition) is 1. The van der Waals surface area contributed by atoms with E-state index in [1.165, 1.54) is 5.57 Å². The van der Waals surface area contributed by atoms with Gasteiger partial charge in [-0.05, 0) is 13.3 Å². The zero-order chi connectivity index (χ0) is 7.11. The summed E-state index contributed by atoms with van der Waals surface area (Å²) in [6, 6.07) is 0. The van der Waals surface area contributed by atoms with Crippen molar-refractivity contribution in [1.29, 1.82) is 0 Å². The van der Waals surface area contributed by atoms with E-state index in [1.807, 2.05) is 6.92 Å². The smallest absolute Gasteiger partial charge is 0.211 e. The first-order valence-electron chi connectivity index (χ1n) is 3.16. The lowest BCUT2D eigenvalue weighted by Gasteiger charge is -1.94. The van der Waals surface area contributed by atoms with E-state index in [0.717, 1.165) is 12.8 Å². The molecule has 0 aliphatic heterocycles. The van der Waals surface area contributed by atoms with Crippen molar-refractivity contribution >= 4 is 6.41 Å². The molecule has 0 rings (SSSR count). The van der Waals surface area contributed by atoms with Crippen LogP contribution in [-0.4, -0.2) is 6.41 Å². The van der Waals surface area contributed by atoms with Crippen molar-refractivity contribution in [3.63, 3.8) is 0 Å². The Labute approximate surface area is 56.0 Å². The lowest BCUT2D eigenvalue weighted by molar-refractivity contribution is -0.108. The van der Waals surface area contributed by atoms with Gasteiger partial charge in [-0.2, -0.15) is 0 Å². The fourth-order valence-corrected chi connectivity index (χ4v) is 0.643. The molecule has 0 aromatic heterocycles. The van der Waals surface area contributed by atoms with Crippen LogP contribution in [0.4, 0.5) is 0 Å². The molecule has 0 aromatic rings. The Hall–Kier alpha value is -0.790. The van der Waals surface area contributed by atoms with Gasteiger partial charge in [-0.15, -0.1) is 0 Å². The average molecular weight is 127 g/mol. The molecule has 0 saturated carbocycles. The first kappa shape index (κ1) is 8.21. The summed E-state index contributed by atoms with van der Waals surface area (Å²) in [6.45, 7) is 4.11. The van der Waals surface area contributed by atoms with Gasteiger partial charge in [-0.25, -0.2) is 0 Å². The molecule has 1 N–H and O–H groups in total. The van der Waals surface area contributed by atoms with Gasteiger partial charge in [0.05, 0.1) is 0 Å². The van der Waals surface area contributed by atoms with Gasteiger partial charge in [0.15, 0.2) is 0 Å². The summed E-state index contributed by atoms with van der Waals surface area (Å²) in [5.74, 6) is 0. The van der Waals surface area contributed by atoms with Crippen LogP contribution in [0, 0.1) is 0 Å². The molecule has 2 heteroatoms. The Bertz CT molecular complexity index is 107. The summed E-state index contributed by atoms with van der Waals surface area (Å²) in [5.41, 5.74) is 1.21. The fourth-order valence-electron chi connectivity index (χ4n) is 0.643. The Morgan fingerprint density at radius 2 is 2.33 bits per heavy atom. The average Bonchev–Trinajstić information content (AvgIpc) is 1.85. The lowest BCUT2D eigenvalue weighted by Crippen LogP contribution is -2.00. The van der Waals surface area contributed by atoms with Crippen LogP contribution in [0.3, 0.4) is 0 Å². The molecule has 0 aliphatic rings. The molecular weight excluding hydrogens is 114 g/mol. The number of rotatable bonds is 4. The molecule has 0 saturated heterocycles. The van der Waals surface area contributed by atoms with E-state index in [4.69, 9.17) is 0 Å². The second-order valence-electron chi connectivity index (χ2n) is 2.03. The third kappa shape index (κ3) is 5.07. The zero-order valence-corrected chi connectivity index (χ0v) is 5.98. The van der Waals surface area contributed by atoms with E-state index in [9.17, 15) is 4.79 Å². The lowest BCUT2D eigenvalue weighted by atomic mass is 10.2. The summed E-state index contributed by atoms with van der Waals surface area (Å²) in [7, 11) is 0. The van der Waals surface area contributed by atoms with Gasteiger partial charge in [0, 0.05) is 6.20 Å². The predicted octanol–water partition coefficient (Wildman–Crippen LogP) is 1.44. The molecular formula is C7H13NO. The highest BCUT2D eigenvalue weighted by atomic mass is 16.1. The van der Waals surface area contributed by atoms with Crippen LogP contribution in [0.5, 0.6) is 0 Å². The minimum absolute atomic E-state index is 0.680. The van der Waals surface area contributed by atoms with E-state index < -0.39 is 0 Å². The molecule has 0 aromatic carbocycles. The Kier molecular flexibility index (Phi) is 4.88. The van der Waals surface area contributed by atoms with Gasteiger partial charge in [-0.1, -0.05) is 18.9 Å². The maximum absolute atomic E-state index is 9.76. The first-order valence-corrected chi connectivity index (χ1v) is 3.16. The summed E-state index contributed by atoms with van der Waals surface area (Å²) in [5, 5.41) is 2.49. The van der Waals surface area contributed by atoms with E-state index in [1.54, 1.807) is 6.20 Å². The molecule has 0 aliphatic carbocycles. The summed E-state index contributed by atoms with van der Waals surface area (Å²) < 4.78 is 0. The van der Waals surface area contributed by atoms with Crippen LogP contribution in [0.1, 0.15) is 26.7 Å². The molecule has 0 spiro atoms. The van der Waals surface area contributed by atoms with Gasteiger partial charge >= 0.3 is 0 Å². The number of allylic oxidation sites excluding steroid dienone is 1. The summed E-state index contributed by atoms with van der Waals surface area (Å²) in [6.07, 6.45) is 4.60. The monoisotopic (exact) mass is 127 g/mol. The second-order valence-corrected chi connectivity index (χ2v) is 2.03. The number of nitrogens with one attached hydrogen (secondary N) is 1. The van der Waals surface area contributed by atoms with E-state index in [2.05, 4.69) is 12.2 Å². The topological polar surface area (TPSA) is 29.1 Å². The Morgan fingerprint density at radius 3 is 2.78 bits per heavy atom. The molecule has 0 atom stereocenters. The van der Waals surface area contributed by atoms with Gasteiger partial charge in [0.25, 0.3) is 0 Å². The molecule has 9 heavy (non-hydrogen) atoms. The zero-order valence-electron chi connectivity index (χ0n) is 5.98. The Balaban J connectivity index is 3.42. The molecule has 0 unspecified atom stereocenters. The molecule has 0 fully saturated rings. The molecule has 0 heterocycles. The molecule has 0 bridgehead atoms. The highest BCUT2D eigenvalue weighted by Gasteiger charge is 1.83. The van der Waals surface area contributed by atoms with Crippen molar-refractivity contribution in [2.24, 2.45) is 0 Å². The highest BCUT2D eigenvalue weighted by Crippen LogP contribution is 1.99. The van der Waals surface area contributed by atoms with E-state index in [-0.39, 0.29) is 0 Å². The van der Waals surface area contributed by atoms with Gasteiger partial charge in [0.1, 0.15) is 0 Å². The minimum Gasteiger partial charge on any atom is -0.335 e. The first-order chi connectivity index (χ1) is 4.31. The summed E-state index contributed by atoms with van der Waals surface area (Å²) in [4.78, 5) is 9.76. The maximum atomic E-state index is 9.76.